The van der Waals surface area contributed by atoms with E-state index in [4.69, 9.17) is 9.47 Å². The summed E-state index contributed by atoms with van der Waals surface area (Å²) in [7, 11) is 0. The molecule has 1 aromatic rings. The number of anilines is 1. The lowest BCUT2D eigenvalue weighted by Gasteiger charge is -2.29. The van der Waals surface area contributed by atoms with Crippen molar-refractivity contribution in [3.05, 3.63) is 23.8 Å². The second-order valence-electron chi connectivity index (χ2n) is 4.91. The summed E-state index contributed by atoms with van der Waals surface area (Å²) >= 11 is 0. The molecule has 0 aromatic heterocycles. The summed E-state index contributed by atoms with van der Waals surface area (Å²) in [5, 5.41) is 6.12. The molecule has 0 radical (unpaired) electrons. The van der Waals surface area contributed by atoms with Crippen molar-refractivity contribution in [1.29, 1.82) is 0 Å². The lowest BCUT2D eigenvalue weighted by atomic mass is 10.1. The number of carbonyl (C=O) groups excluding carboxylic acids is 1. The lowest BCUT2D eigenvalue weighted by molar-refractivity contribution is -0.123. The van der Waals surface area contributed by atoms with Crippen molar-refractivity contribution in [3.63, 3.8) is 0 Å². The monoisotopic (exact) mass is 278 g/mol. The molecule has 1 heterocycles. The normalized spacial score (nSPS) is 22.4. The van der Waals surface area contributed by atoms with Crippen molar-refractivity contribution in [2.45, 2.75) is 32.9 Å². The minimum Gasteiger partial charge on any atom is -0.494 e. The Labute approximate surface area is 119 Å². The summed E-state index contributed by atoms with van der Waals surface area (Å²) < 4.78 is 10.9. The number of ether oxygens (including phenoxy) is 2. The van der Waals surface area contributed by atoms with Crippen LogP contribution < -0.4 is 15.4 Å². The van der Waals surface area contributed by atoms with E-state index in [1.165, 1.54) is 0 Å². The largest absolute Gasteiger partial charge is 0.494 e. The summed E-state index contributed by atoms with van der Waals surface area (Å²) in [5.74, 6) is 0.750. The Kier molecular flexibility index (Phi) is 4.98. The number of morpholine rings is 1. The number of benzene rings is 1. The van der Waals surface area contributed by atoms with Crippen molar-refractivity contribution in [3.8, 4) is 5.75 Å². The van der Waals surface area contributed by atoms with Gasteiger partial charge in [-0.3, -0.25) is 4.79 Å². The van der Waals surface area contributed by atoms with Crippen molar-refractivity contribution in [1.82, 2.24) is 5.32 Å². The number of aryl methyl sites for hydroxylation is 1. The third-order valence-corrected chi connectivity index (χ3v) is 3.37. The van der Waals surface area contributed by atoms with Crippen molar-refractivity contribution in [2.24, 2.45) is 0 Å². The van der Waals surface area contributed by atoms with Gasteiger partial charge in [0.15, 0.2) is 0 Å². The third kappa shape index (κ3) is 3.49. The van der Waals surface area contributed by atoms with Crippen molar-refractivity contribution < 1.29 is 14.3 Å². The molecule has 5 nitrogen and oxygen atoms in total. The van der Waals surface area contributed by atoms with Crippen LogP contribution in [0.2, 0.25) is 0 Å². The van der Waals surface area contributed by atoms with Gasteiger partial charge in [0.25, 0.3) is 0 Å². The van der Waals surface area contributed by atoms with Gasteiger partial charge in [-0.2, -0.15) is 0 Å². The Balaban J connectivity index is 2.03. The predicted octanol–water partition coefficient (Wildman–Crippen LogP) is 1.71. The van der Waals surface area contributed by atoms with Crippen LogP contribution in [0.1, 0.15) is 19.4 Å². The second-order valence-corrected chi connectivity index (χ2v) is 4.91. The number of nitrogens with one attached hydrogen (secondary N) is 2. The molecule has 0 saturated carbocycles. The van der Waals surface area contributed by atoms with E-state index in [0.717, 1.165) is 17.0 Å². The van der Waals surface area contributed by atoms with Gasteiger partial charge in [0.05, 0.1) is 19.3 Å². The first-order chi connectivity index (χ1) is 9.61. The van der Waals surface area contributed by atoms with Gasteiger partial charge in [0, 0.05) is 12.2 Å². The van der Waals surface area contributed by atoms with Crippen LogP contribution in [0.3, 0.4) is 0 Å². The highest BCUT2D eigenvalue weighted by molar-refractivity contribution is 5.96. The lowest BCUT2D eigenvalue weighted by Crippen LogP contribution is -2.53. The molecule has 1 aliphatic heterocycles. The summed E-state index contributed by atoms with van der Waals surface area (Å²) in [5.41, 5.74) is 1.78. The van der Waals surface area contributed by atoms with Gasteiger partial charge < -0.3 is 20.1 Å². The molecule has 0 unspecified atom stereocenters. The molecule has 2 N–H and O–H groups in total. The number of amides is 1. The topological polar surface area (TPSA) is 59.6 Å². The summed E-state index contributed by atoms with van der Waals surface area (Å²) in [6.45, 7) is 7.78. The molecule has 0 spiro atoms. The summed E-state index contributed by atoms with van der Waals surface area (Å²) in [6, 6.07) is 5.34. The fourth-order valence-corrected chi connectivity index (χ4v) is 2.27. The molecular weight excluding hydrogens is 256 g/mol. The standard InChI is InChI=1S/C15H22N2O3/c1-4-19-12-5-6-13(10(2)9-12)17-15(18)14-11(3)20-8-7-16-14/h5-6,9,11,14,16H,4,7-8H2,1-3H3,(H,17,18)/t11-,14+/m1/s1. The van der Waals surface area contributed by atoms with E-state index in [0.29, 0.717) is 19.8 Å². The van der Waals surface area contributed by atoms with Crippen LogP contribution in [-0.2, 0) is 9.53 Å². The first kappa shape index (κ1) is 14.8. The Bertz CT molecular complexity index is 476. The van der Waals surface area contributed by atoms with Crippen molar-refractivity contribution >= 4 is 11.6 Å². The highest BCUT2D eigenvalue weighted by Gasteiger charge is 2.28. The Morgan fingerprint density at radius 1 is 1.55 bits per heavy atom. The van der Waals surface area contributed by atoms with Crippen LogP contribution in [-0.4, -0.2) is 37.8 Å². The number of hydrogen-bond donors (Lipinski definition) is 2. The van der Waals surface area contributed by atoms with Gasteiger partial charge >= 0.3 is 0 Å². The highest BCUT2D eigenvalue weighted by atomic mass is 16.5. The first-order valence-corrected chi connectivity index (χ1v) is 7.01. The second kappa shape index (κ2) is 6.72. The molecule has 2 rings (SSSR count). The molecule has 5 heteroatoms. The molecule has 1 saturated heterocycles. The van der Waals surface area contributed by atoms with Crippen LogP contribution in [0.25, 0.3) is 0 Å². The zero-order valence-corrected chi connectivity index (χ0v) is 12.2. The highest BCUT2D eigenvalue weighted by Crippen LogP contribution is 2.22. The zero-order chi connectivity index (χ0) is 14.5. The molecule has 1 amide bonds. The molecule has 0 aliphatic carbocycles. The van der Waals surface area contributed by atoms with Gasteiger partial charge in [0.1, 0.15) is 11.8 Å². The van der Waals surface area contributed by atoms with E-state index >= 15 is 0 Å². The quantitative estimate of drug-likeness (QED) is 0.880. The summed E-state index contributed by atoms with van der Waals surface area (Å²) in [6.07, 6.45) is -0.119. The van der Waals surface area contributed by atoms with Crippen LogP contribution in [0.4, 0.5) is 5.69 Å². The maximum absolute atomic E-state index is 12.3. The molecule has 1 aromatic carbocycles. The van der Waals surface area contributed by atoms with E-state index in [9.17, 15) is 4.79 Å². The SMILES string of the molecule is CCOc1ccc(NC(=O)[C@H]2NCCO[C@@H]2C)c(C)c1. The smallest absolute Gasteiger partial charge is 0.244 e. The van der Waals surface area contributed by atoms with Gasteiger partial charge in [-0.25, -0.2) is 0 Å². The fourth-order valence-electron chi connectivity index (χ4n) is 2.27. The molecule has 1 aliphatic rings. The van der Waals surface area contributed by atoms with E-state index in [1.807, 2.05) is 39.0 Å². The maximum atomic E-state index is 12.3. The van der Waals surface area contributed by atoms with Gasteiger partial charge in [-0.1, -0.05) is 0 Å². The molecule has 110 valence electrons. The minimum atomic E-state index is -0.310. The third-order valence-electron chi connectivity index (χ3n) is 3.37. The Hall–Kier alpha value is -1.59. The average molecular weight is 278 g/mol. The number of carbonyl (C=O) groups is 1. The van der Waals surface area contributed by atoms with E-state index < -0.39 is 0 Å². The van der Waals surface area contributed by atoms with Gasteiger partial charge in [-0.05, 0) is 44.5 Å². The van der Waals surface area contributed by atoms with E-state index in [2.05, 4.69) is 10.6 Å². The maximum Gasteiger partial charge on any atom is 0.244 e. The fraction of sp³-hybridized carbons (Fsp3) is 0.533. The van der Waals surface area contributed by atoms with Gasteiger partial charge in [-0.15, -0.1) is 0 Å². The molecule has 0 bridgehead atoms. The van der Waals surface area contributed by atoms with Gasteiger partial charge in [0.2, 0.25) is 5.91 Å². The molecular formula is C15H22N2O3. The number of hydrogen-bond acceptors (Lipinski definition) is 4. The Morgan fingerprint density at radius 2 is 2.35 bits per heavy atom. The minimum absolute atomic E-state index is 0.0653. The molecule has 1 fully saturated rings. The van der Waals surface area contributed by atoms with E-state index in [-0.39, 0.29) is 18.1 Å². The molecule has 2 atom stereocenters. The Morgan fingerprint density at radius 3 is 3.00 bits per heavy atom. The number of rotatable bonds is 4. The van der Waals surface area contributed by atoms with Crippen LogP contribution in [0.15, 0.2) is 18.2 Å². The first-order valence-electron chi connectivity index (χ1n) is 7.01. The average Bonchev–Trinajstić information content (AvgIpc) is 2.42. The van der Waals surface area contributed by atoms with Crippen LogP contribution in [0, 0.1) is 6.92 Å². The summed E-state index contributed by atoms with van der Waals surface area (Å²) in [4.78, 5) is 12.3. The van der Waals surface area contributed by atoms with E-state index in [1.54, 1.807) is 0 Å². The zero-order valence-electron chi connectivity index (χ0n) is 12.2. The molecule has 20 heavy (non-hydrogen) atoms. The predicted molar refractivity (Wildman–Crippen MR) is 78.2 cm³/mol. The van der Waals surface area contributed by atoms with Crippen LogP contribution in [0.5, 0.6) is 5.75 Å². The van der Waals surface area contributed by atoms with Crippen molar-refractivity contribution in [2.75, 3.05) is 25.1 Å². The van der Waals surface area contributed by atoms with Crippen LogP contribution >= 0.6 is 0 Å².